The van der Waals surface area contributed by atoms with E-state index in [1.54, 1.807) is 18.3 Å². The summed E-state index contributed by atoms with van der Waals surface area (Å²) in [5.74, 6) is 0.144. The molecule has 1 amide bonds. The van der Waals surface area contributed by atoms with Crippen molar-refractivity contribution in [2.75, 3.05) is 25.0 Å². The molecule has 0 unspecified atom stereocenters. The molecule has 0 saturated carbocycles. The van der Waals surface area contributed by atoms with Gasteiger partial charge in [0.05, 0.1) is 6.54 Å². The van der Waals surface area contributed by atoms with Crippen molar-refractivity contribution in [3.63, 3.8) is 0 Å². The van der Waals surface area contributed by atoms with Crippen LogP contribution in [0.15, 0.2) is 18.3 Å². The average Bonchev–Trinajstić information content (AvgIpc) is 2.79. The SMILES string of the molecule is O=C(CNc1ccnc(Cl)c1)N1CCCC1. The molecule has 1 aliphatic rings. The predicted octanol–water partition coefficient (Wildman–Crippen LogP) is 1.77. The molecule has 2 heterocycles. The van der Waals surface area contributed by atoms with Gasteiger partial charge in [-0.05, 0) is 25.0 Å². The number of pyridine rings is 1. The normalized spacial score (nSPS) is 15.2. The summed E-state index contributed by atoms with van der Waals surface area (Å²) in [5, 5.41) is 3.48. The van der Waals surface area contributed by atoms with Crippen LogP contribution in [0.4, 0.5) is 5.69 Å². The highest BCUT2D eigenvalue weighted by atomic mass is 35.5. The van der Waals surface area contributed by atoms with Crippen LogP contribution in [-0.4, -0.2) is 35.4 Å². The smallest absolute Gasteiger partial charge is 0.241 e. The van der Waals surface area contributed by atoms with Crippen molar-refractivity contribution in [2.45, 2.75) is 12.8 Å². The monoisotopic (exact) mass is 239 g/mol. The number of hydrogen-bond acceptors (Lipinski definition) is 3. The van der Waals surface area contributed by atoms with Gasteiger partial charge in [0.2, 0.25) is 5.91 Å². The largest absolute Gasteiger partial charge is 0.376 e. The van der Waals surface area contributed by atoms with Crippen LogP contribution in [0.3, 0.4) is 0 Å². The number of carbonyl (C=O) groups is 1. The van der Waals surface area contributed by atoms with Gasteiger partial charge in [-0.1, -0.05) is 11.6 Å². The van der Waals surface area contributed by atoms with Gasteiger partial charge in [0.1, 0.15) is 5.15 Å². The highest BCUT2D eigenvalue weighted by Gasteiger charge is 2.17. The summed E-state index contributed by atoms with van der Waals surface area (Å²) in [7, 11) is 0. The summed E-state index contributed by atoms with van der Waals surface area (Å²) >= 11 is 5.74. The number of nitrogens with zero attached hydrogens (tertiary/aromatic N) is 2. The quantitative estimate of drug-likeness (QED) is 0.818. The van der Waals surface area contributed by atoms with Crippen LogP contribution < -0.4 is 5.32 Å². The second kappa shape index (κ2) is 5.16. The van der Waals surface area contributed by atoms with Crippen molar-refractivity contribution in [1.29, 1.82) is 0 Å². The number of rotatable bonds is 3. The Balaban J connectivity index is 1.84. The molecule has 16 heavy (non-hydrogen) atoms. The fourth-order valence-corrected chi connectivity index (χ4v) is 1.94. The van der Waals surface area contributed by atoms with E-state index in [1.165, 1.54) is 0 Å². The predicted molar refractivity (Wildman–Crippen MR) is 63.6 cm³/mol. The second-order valence-corrected chi connectivity index (χ2v) is 4.20. The number of anilines is 1. The van der Waals surface area contributed by atoms with E-state index in [1.807, 2.05) is 4.90 Å². The fraction of sp³-hybridized carbons (Fsp3) is 0.455. The van der Waals surface area contributed by atoms with Crippen LogP contribution in [0, 0.1) is 0 Å². The summed E-state index contributed by atoms with van der Waals surface area (Å²) in [4.78, 5) is 17.5. The number of hydrogen-bond donors (Lipinski definition) is 1. The highest BCUT2D eigenvalue weighted by Crippen LogP contribution is 2.12. The number of likely N-dealkylation sites (tertiary alicyclic amines) is 1. The summed E-state index contributed by atoms with van der Waals surface area (Å²) in [6, 6.07) is 3.50. The topological polar surface area (TPSA) is 45.2 Å². The Bertz CT molecular complexity index is 377. The van der Waals surface area contributed by atoms with Gasteiger partial charge in [-0.2, -0.15) is 0 Å². The summed E-state index contributed by atoms with van der Waals surface area (Å²) < 4.78 is 0. The molecule has 86 valence electrons. The van der Waals surface area contributed by atoms with Crippen LogP contribution in [0.5, 0.6) is 0 Å². The van der Waals surface area contributed by atoms with Crippen molar-refractivity contribution in [3.05, 3.63) is 23.5 Å². The van der Waals surface area contributed by atoms with Gasteiger partial charge >= 0.3 is 0 Å². The van der Waals surface area contributed by atoms with Crippen molar-refractivity contribution in [2.24, 2.45) is 0 Å². The number of aromatic nitrogens is 1. The van der Waals surface area contributed by atoms with E-state index in [9.17, 15) is 4.79 Å². The molecule has 0 aromatic carbocycles. The fourth-order valence-electron chi connectivity index (χ4n) is 1.77. The van der Waals surface area contributed by atoms with Crippen LogP contribution in [0.1, 0.15) is 12.8 Å². The number of carbonyl (C=O) groups excluding carboxylic acids is 1. The lowest BCUT2D eigenvalue weighted by Crippen LogP contribution is -2.32. The molecule has 0 aliphatic carbocycles. The van der Waals surface area contributed by atoms with Crippen LogP contribution in [-0.2, 0) is 4.79 Å². The zero-order chi connectivity index (χ0) is 11.4. The van der Waals surface area contributed by atoms with Crippen LogP contribution in [0.2, 0.25) is 5.15 Å². The molecule has 0 bridgehead atoms. The average molecular weight is 240 g/mol. The van der Waals surface area contributed by atoms with Gasteiger partial charge in [-0.25, -0.2) is 4.98 Å². The van der Waals surface area contributed by atoms with Gasteiger partial charge in [-0.15, -0.1) is 0 Å². The standard InChI is InChI=1S/C11H14ClN3O/c12-10-7-9(3-4-13-10)14-8-11(16)15-5-1-2-6-15/h3-4,7H,1-2,5-6,8H2,(H,13,14). The second-order valence-electron chi connectivity index (χ2n) is 3.81. The number of amides is 1. The number of nitrogens with one attached hydrogen (secondary N) is 1. The lowest BCUT2D eigenvalue weighted by Gasteiger charge is -2.15. The maximum atomic E-state index is 11.7. The molecular formula is C11H14ClN3O. The zero-order valence-corrected chi connectivity index (χ0v) is 9.70. The van der Waals surface area contributed by atoms with Crippen molar-refractivity contribution < 1.29 is 4.79 Å². The Morgan fingerprint density at radius 3 is 2.94 bits per heavy atom. The molecule has 1 aliphatic heterocycles. The molecule has 1 saturated heterocycles. The Labute approximate surface area is 99.6 Å². The minimum Gasteiger partial charge on any atom is -0.376 e. The van der Waals surface area contributed by atoms with Gasteiger partial charge in [0.15, 0.2) is 0 Å². The van der Waals surface area contributed by atoms with E-state index in [4.69, 9.17) is 11.6 Å². The minimum absolute atomic E-state index is 0.144. The summed E-state index contributed by atoms with van der Waals surface area (Å²) in [6.07, 6.45) is 3.85. The first-order valence-electron chi connectivity index (χ1n) is 5.39. The molecule has 0 spiro atoms. The molecule has 0 atom stereocenters. The molecule has 2 rings (SSSR count). The Morgan fingerprint density at radius 2 is 2.25 bits per heavy atom. The minimum atomic E-state index is 0.144. The third kappa shape index (κ3) is 2.85. The molecule has 0 radical (unpaired) electrons. The molecule has 5 heteroatoms. The molecule has 4 nitrogen and oxygen atoms in total. The molecule has 1 aromatic rings. The zero-order valence-electron chi connectivity index (χ0n) is 8.95. The summed E-state index contributed by atoms with van der Waals surface area (Å²) in [6.45, 7) is 2.09. The van der Waals surface area contributed by atoms with Crippen molar-refractivity contribution >= 4 is 23.2 Å². The van der Waals surface area contributed by atoms with Crippen LogP contribution >= 0.6 is 11.6 Å². The maximum Gasteiger partial charge on any atom is 0.241 e. The highest BCUT2D eigenvalue weighted by molar-refractivity contribution is 6.29. The van der Waals surface area contributed by atoms with Gasteiger partial charge in [0.25, 0.3) is 0 Å². The first-order chi connectivity index (χ1) is 7.75. The Hall–Kier alpha value is -1.29. The van der Waals surface area contributed by atoms with Crippen LogP contribution in [0.25, 0.3) is 0 Å². The van der Waals surface area contributed by atoms with E-state index >= 15 is 0 Å². The van der Waals surface area contributed by atoms with E-state index in [2.05, 4.69) is 10.3 Å². The molecule has 1 fully saturated rings. The first kappa shape index (κ1) is 11.2. The summed E-state index contributed by atoms with van der Waals surface area (Å²) in [5.41, 5.74) is 0.826. The van der Waals surface area contributed by atoms with Gasteiger partial charge in [0, 0.05) is 25.0 Å². The number of halogens is 1. The van der Waals surface area contributed by atoms with Crippen molar-refractivity contribution in [1.82, 2.24) is 9.88 Å². The van der Waals surface area contributed by atoms with E-state index in [-0.39, 0.29) is 5.91 Å². The lowest BCUT2D eigenvalue weighted by atomic mass is 10.4. The van der Waals surface area contributed by atoms with E-state index < -0.39 is 0 Å². The molecule has 1 N–H and O–H groups in total. The van der Waals surface area contributed by atoms with E-state index in [0.717, 1.165) is 31.6 Å². The lowest BCUT2D eigenvalue weighted by molar-refractivity contribution is -0.128. The van der Waals surface area contributed by atoms with Crippen molar-refractivity contribution in [3.8, 4) is 0 Å². The Morgan fingerprint density at radius 1 is 1.50 bits per heavy atom. The van der Waals surface area contributed by atoms with Gasteiger partial charge in [-0.3, -0.25) is 4.79 Å². The maximum absolute atomic E-state index is 11.7. The Kier molecular flexibility index (Phi) is 3.62. The molecule has 1 aromatic heterocycles. The molecular weight excluding hydrogens is 226 g/mol. The third-order valence-corrected chi connectivity index (χ3v) is 2.84. The van der Waals surface area contributed by atoms with E-state index in [0.29, 0.717) is 11.7 Å². The third-order valence-electron chi connectivity index (χ3n) is 2.63. The first-order valence-corrected chi connectivity index (χ1v) is 5.77. The van der Waals surface area contributed by atoms with Gasteiger partial charge < -0.3 is 10.2 Å².